The lowest BCUT2D eigenvalue weighted by molar-refractivity contribution is 0.220. The van der Waals surface area contributed by atoms with Crippen LogP contribution in [0.2, 0.25) is 23.2 Å². The normalized spacial score (nSPS) is 12.0. The molecule has 0 amide bonds. The van der Waals surface area contributed by atoms with E-state index in [1.165, 1.54) is 19.2 Å². The Balaban J connectivity index is 2.06. The third-order valence-corrected chi connectivity index (χ3v) is 10.5. The summed E-state index contributed by atoms with van der Waals surface area (Å²) in [7, 11) is -0.455. The van der Waals surface area contributed by atoms with E-state index in [4.69, 9.17) is 36.0 Å². The van der Waals surface area contributed by atoms with Gasteiger partial charge in [0.2, 0.25) is 0 Å². The van der Waals surface area contributed by atoms with Crippen molar-refractivity contribution in [2.45, 2.75) is 51.9 Å². The summed E-state index contributed by atoms with van der Waals surface area (Å²) in [4.78, 5) is 0. The second-order valence-electron chi connectivity index (χ2n) is 8.96. The van der Waals surface area contributed by atoms with Crippen molar-refractivity contribution >= 4 is 25.6 Å². The molecule has 0 fully saturated rings. The van der Waals surface area contributed by atoms with E-state index < -0.39 is 20.0 Å². The van der Waals surface area contributed by atoms with Crippen LogP contribution < -0.4 is 19.9 Å². The van der Waals surface area contributed by atoms with Crippen molar-refractivity contribution in [3.05, 3.63) is 46.5 Å². The lowest BCUT2D eigenvalue weighted by Gasteiger charge is -2.36. The average molecular weight is 488 g/mol. The van der Waals surface area contributed by atoms with Gasteiger partial charge in [-0.3, -0.25) is 0 Å². The van der Waals surface area contributed by atoms with Gasteiger partial charge < -0.3 is 24.4 Å². The van der Waals surface area contributed by atoms with E-state index in [1.807, 2.05) is 0 Å². The summed E-state index contributed by atoms with van der Waals surface area (Å²) in [6.07, 6.45) is 0.667. The van der Waals surface area contributed by atoms with Gasteiger partial charge in [-0.05, 0) is 30.3 Å². The molecule has 0 bridgehead atoms. The van der Waals surface area contributed by atoms with Crippen molar-refractivity contribution in [1.82, 2.24) is 0 Å². The summed E-state index contributed by atoms with van der Waals surface area (Å²) < 4.78 is 50.7. The van der Waals surface area contributed by atoms with Gasteiger partial charge in [0.25, 0.3) is 0 Å². The van der Waals surface area contributed by atoms with Gasteiger partial charge in [-0.2, -0.15) is 0 Å². The van der Waals surface area contributed by atoms with Crippen LogP contribution in [0.4, 0.5) is 14.5 Å². The van der Waals surface area contributed by atoms with Crippen LogP contribution in [-0.4, -0.2) is 28.6 Å². The number of hydrogen-bond acceptors (Lipinski definition) is 5. The topological polar surface area (TPSA) is 62.9 Å². The molecule has 32 heavy (non-hydrogen) atoms. The lowest BCUT2D eigenvalue weighted by atomic mass is 10.2. The van der Waals surface area contributed by atoms with Gasteiger partial charge in [0.15, 0.2) is 31.5 Å². The Morgan fingerprint density at radius 1 is 1.00 bits per heavy atom. The largest absolute Gasteiger partial charge is 0.496 e. The average Bonchev–Trinajstić information content (AvgIpc) is 2.70. The zero-order valence-corrected chi connectivity index (χ0v) is 21.2. The number of nitrogen functional groups attached to an aromatic ring is 1. The van der Waals surface area contributed by atoms with Crippen LogP contribution in [0.25, 0.3) is 0 Å². The second-order valence-corrected chi connectivity index (χ2v) is 14.2. The Hall–Kier alpha value is -2.03. The number of ether oxygens (including phenoxy) is 3. The molecule has 2 aromatic rings. The Morgan fingerprint density at radius 3 is 2.28 bits per heavy atom. The maximum Gasteiger partial charge on any atom is 0.191 e. The number of halogens is 3. The van der Waals surface area contributed by atoms with E-state index >= 15 is 0 Å². The summed E-state index contributed by atoms with van der Waals surface area (Å²) in [6.45, 7) is 11.6. The van der Waals surface area contributed by atoms with Crippen molar-refractivity contribution in [3.8, 4) is 17.2 Å². The molecular weight excluding hydrogens is 456 g/mol. The van der Waals surface area contributed by atoms with Crippen molar-refractivity contribution in [1.29, 1.82) is 0 Å². The van der Waals surface area contributed by atoms with Crippen molar-refractivity contribution in [3.63, 3.8) is 0 Å². The molecule has 5 nitrogen and oxygen atoms in total. The van der Waals surface area contributed by atoms with Gasteiger partial charge in [0, 0.05) is 25.2 Å². The fourth-order valence-corrected chi connectivity index (χ4v) is 3.85. The summed E-state index contributed by atoms with van der Waals surface area (Å²) in [5.41, 5.74) is 6.12. The highest BCUT2D eigenvalue weighted by atomic mass is 35.5. The van der Waals surface area contributed by atoms with Gasteiger partial charge in [-0.1, -0.05) is 32.4 Å². The van der Waals surface area contributed by atoms with E-state index in [0.717, 1.165) is 6.07 Å². The van der Waals surface area contributed by atoms with Crippen molar-refractivity contribution in [2.75, 3.05) is 26.1 Å². The molecule has 0 aliphatic carbocycles. The zero-order chi connectivity index (χ0) is 24.1. The molecule has 9 heteroatoms. The quantitative estimate of drug-likeness (QED) is 0.233. The molecule has 0 unspecified atom stereocenters. The van der Waals surface area contributed by atoms with E-state index in [0.29, 0.717) is 30.4 Å². The van der Waals surface area contributed by atoms with Gasteiger partial charge in [-0.15, -0.1) is 0 Å². The Bertz CT molecular complexity index is 935. The van der Waals surface area contributed by atoms with Gasteiger partial charge in [-0.25, -0.2) is 8.78 Å². The summed E-state index contributed by atoms with van der Waals surface area (Å²) in [5.74, 6) is -1.22. The third-order valence-electron chi connectivity index (χ3n) is 5.62. The van der Waals surface area contributed by atoms with Crippen LogP contribution in [0.5, 0.6) is 17.2 Å². The van der Waals surface area contributed by atoms with Crippen LogP contribution in [0.15, 0.2) is 24.3 Å². The monoisotopic (exact) mass is 487 g/mol. The predicted octanol–water partition coefficient (Wildman–Crippen LogP) is 6.58. The van der Waals surface area contributed by atoms with Crippen LogP contribution in [0, 0.1) is 11.6 Å². The van der Waals surface area contributed by atoms with Crippen LogP contribution >= 0.6 is 11.6 Å². The Morgan fingerprint density at radius 2 is 1.66 bits per heavy atom. The molecule has 0 radical (unpaired) electrons. The van der Waals surface area contributed by atoms with Crippen LogP contribution in [0.3, 0.4) is 0 Å². The molecule has 2 aromatic carbocycles. The first kappa shape index (κ1) is 26.2. The third kappa shape index (κ3) is 6.49. The minimum absolute atomic E-state index is 0.0465. The minimum Gasteiger partial charge on any atom is -0.496 e. The highest BCUT2D eigenvalue weighted by Crippen LogP contribution is 2.38. The maximum absolute atomic E-state index is 14.2. The van der Waals surface area contributed by atoms with Gasteiger partial charge in [0.05, 0.1) is 30.0 Å². The molecule has 2 rings (SSSR count). The predicted molar refractivity (Wildman–Crippen MR) is 126 cm³/mol. The molecule has 178 valence electrons. The molecule has 2 N–H and O–H groups in total. The first-order chi connectivity index (χ1) is 14.9. The van der Waals surface area contributed by atoms with Crippen LogP contribution in [-0.2, 0) is 11.0 Å². The molecule has 0 aliphatic rings. The number of rotatable bonds is 10. The molecule has 0 aliphatic heterocycles. The molecule has 0 heterocycles. The Labute approximate surface area is 194 Å². The van der Waals surface area contributed by atoms with E-state index in [2.05, 4.69) is 33.9 Å². The molecule has 0 aromatic heterocycles. The SMILES string of the molecule is COc1ccc(F)c(F)c1COc1cc(N)c(Cl)cc1OCCCO[Si](C)(C)C(C)(C)C. The summed E-state index contributed by atoms with van der Waals surface area (Å²) in [6, 6.07) is 5.37. The van der Waals surface area contributed by atoms with Crippen molar-refractivity contribution < 1.29 is 27.4 Å². The Kier molecular flexibility index (Phi) is 8.79. The number of nitrogens with two attached hydrogens (primary N) is 1. The molecule has 0 saturated heterocycles. The van der Waals surface area contributed by atoms with E-state index in [1.54, 1.807) is 6.07 Å². The fourth-order valence-electron chi connectivity index (χ4n) is 2.61. The summed E-state index contributed by atoms with van der Waals surface area (Å²) >= 11 is 6.14. The highest BCUT2D eigenvalue weighted by molar-refractivity contribution is 6.74. The fraction of sp³-hybridized carbons (Fsp3) is 0.478. The van der Waals surface area contributed by atoms with Crippen molar-refractivity contribution in [2.24, 2.45) is 0 Å². The lowest BCUT2D eigenvalue weighted by Crippen LogP contribution is -2.41. The number of anilines is 1. The number of benzene rings is 2. The van der Waals surface area contributed by atoms with Crippen LogP contribution in [0.1, 0.15) is 32.8 Å². The molecule has 0 spiro atoms. The van der Waals surface area contributed by atoms with Gasteiger partial charge in [0.1, 0.15) is 12.4 Å². The minimum atomic E-state index is -1.83. The number of hydrogen-bond donors (Lipinski definition) is 1. The van der Waals surface area contributed by atoms with E-state index in [-0.39, 0.29) is 34.4 Å². The smallest absolute Gasteiger partial charge is 0.191 e. The second kappa shape index (κ2) is 10.7. The summed E-state index contributed by atoms with van der Waals surface area (Å²) in [5, 5.41) is 0.437. The number of methoxy groups -OCH3 is 1. The first-order valence-corrected chi connectivity index (χ1v) is 13.7. The standard InChI is InChI=1S/C23H32ClF2NO4Si/c1-23(2,3)32(5,6)31-11-7-10-29-20-12-16(24)18(27)13-21(20)30-14-15-19(28-4)9-8-17(25)22(15)26/h8-9,12-13H,7,10-11,14,27H2,1-6H3. The molecule has 0 atom stereocenters. The van der Waals surface area contributed by atoms with Gasteiger partial charge >= 0.3 is 0 Å². The molecular formula is C23H32ClF2NO4Si. The molecule has 0 saturated carbocycles. The zero-order valence-electron chi connectivity index (χ0n) is 19.5. The first-order valence-electron chi connectivity index (χ1n) is 10.4. The maximum atomic E-state index is 14.2. The highest BCUT2D eigenvalue weighted by Gasteiger charge is 2.36. The van der Waals surface area contributed by atoms with E-state index in [9.17, 15) is 8.78 Å².